The number of benzene rings is 2. The predicted molar refractivity (Wildman–Crippen MR) is 120 cm³/mol. The Bertz CT molecular complexity index is 997. The lowest BCUT2D eigenvalue weighted by Gasteiger charge is -2.23. The van der Waals surface area contributed by atoms with Crippen molar-refractivity contribution in [1.82, 2.24) is 9.88 Å². The number of rotatable bonds is 10. The molecule has 3 aromatic rings. The molecule has 3 rings (SSSR count). The first kappa shape index (κ1) is 22.8. The van der Waals surface area contributed by atoms with Crippen LogP contribution in [0.2, 0.25) is 0 Å². The van der Waals surface area contributed by atoms with Crippen LogP contribution in [0.5, 0.6) is 11.5 Å². The lowest BCUT2D eigenvalue weighted by atomic mass is 10.1. The van der Waals surface area contributed by atoms with Crippen LogP contribution < -0.4 is 9.47 Å². The number of pyridine rings is 1. The third-order valence-corrected chi connectivity index (χ3v) is 5.17. The van der Waals surface area contributed by atoms with Gasteiger partial charge in [0.15, 0.2) is 0 Å². The van der Waals surface area contributed by atoms with E-state index in [0.717, 1.165) is 22.6 Å². The molecule has 0 saturated heterocycles. The van der Waals surface area contributed by atoms with Crippen LogP contribution in [0.3, 0.4) is 0 Å². The quantitative estimate of drug-likeness (QED) is 0.523. The van der Waals surface area contributed by atoms with E-state index in [1.165, 1.54) is 18.3 Å². The zero-order valence-electron chi connectivity index (χ0n) is 18.2. The van der Waals surface area contributed by atoms with Gasteiger partial charge in [0.05, 0.1) is 19.8 Å². The van der Waals surface area contributed by atoms with Crippen LogP contribution in [0.25, 0.3) is 0 Å². The zero-order chi connectivity index (χ0) is 22.9. The molecule has 1 N–H and O–H groups in total. The Morgan fingerprint density at radius 2 is 1.34 bits per heavy atom. The molecule has 166 valence electrons. The van der Waals surface area contributed by atoms with Gasteiger partial charge in [0.2, 0.25) is 0 Å². The molecule has 0 saturated carbocycles. The number of ether oxygens (including phenoxy) is 2. The van der Waals surface area contributed by atoms with E-state index < -0.39 is 5.97 Å². The number of nitrogens with zero attached hydrogens (tertiary/aromatic N) is 2. The molecule has 0 aliphatic carbocycles. The first-order valence-electron chi connectivity index (χ1n) is 10.2. The number of hydrogen-bond donors (Lipinski definition) is 1. The third-order valence-electron chi connectivity index (χ3n) is 5.17. The number of carbonyl (C=O) groups excluding carboxylic acids is 1. The lowest BCUT2D eigenvalue weighted by molar-refractivity contribution is 0.0696. The van der Waals surface area contributed by atoms with Crippen LogP contribution in [-0.4, -0.2) is 54.2 Å². The maximum Gasteiger partial charge on any atom is 0.335 e. The molecule has 0 fully saturated rings. The highest BCUT2D eigenvalue weighted by molar-refractivity contribution is 5.95. The Morgan fingerprint density at radius 3 is 1.78 bits per heavy atom. The van der Waals surface area contributed by atoms with Gasteiger partial charge in [-0.3, -0.25) is 9.78 Å². The summed E-state index contributed by atoms with van der Waals surface area (Å²) in [5, 5.41) is 9.25. The molecule has 7 heteroatoms. The lowest BCUT2D eigenvalue weighted by Crippen LogP contribution is -2.35. The highest BCUT2D eigenvalue weighted by atomic mass is 16.5. The van der Waals surface area contributed by atoms with E-state index in [1.807, 2.05) is 48.5 Å². The molecule has 1 amide bonds. The molecule has 1 heterocycles. The number of hydrogen-bond acceptors (Lipinski definition) is 5. The third kappa shape index (κ3) is 6.07. The molecule has 0 bridgehead atoms. The molecule has 1 aromatic heterocycles. The van der Waals surface area contributed by atoms with Crippen LogP contribution in [0.15, 0.2) is 66.9 Å². The highest BCUT2D eigenvalue weighted by Crippen LogP contribution is 2.15. The van der Waals surface area contributed by atoms with E-state index in [4.69, 9.17) is 9.47 Å². The summed E-state index contributed by atoms with van der Waals surface area (Å²) in [7, 11) is 3.24. The fraction of sp³-hybridized carbons (Fsp3) is 0.240. The molecule has 0 aliphatic rings. The summed E-state index contributed by atoms with van der Waals surface area (Å²) in [6.45, 7) is 0.945. The van der Waals surface area contributed by atoms with E-state index in [1.54, 1.807) is 19.1 Å². The molecule has 7 nitrogen and oxygen atoms in total. The molecule has 0 spiro atoms. The van der Waals surface area contributed by atoms with Crippen molar-refractivity contribution in [3.05, 3.63) is 89.2 Å². The van der Waals surface area contributed by atoms with Gasteiger partial charge in [-0.1, -0.05) is 24.3 Å². The van der Waals surface area contributed by atoms with Crippen LogP contribution in [0, 0.1) is 0 Å². The number of aromatic carboxylic acids is 1. The maximum absolute atomic E-state index is 13.2. The first-order valence-corrected chi connectivity index (χ1v) is 10.2. The van der Waals surface area contributed by atoms with Crippen LogP contribution in [0.4, 0.5) is 0 Å². The highest BCUT2D eigenvalue weighted by Gasteiger charge is 2.19. The summed E-state index contributed by atoms with van der Waals surface area (Å²) in [6, 6.07) is 18.1. The average molecular weight is 434 g/mol. The summed E-state index contributed by atoms with van der Waals surface area (Å²) < 4.78 is 10.4. The second-order valence-corrected chi connectivity index (χ2v) is 7.22. The van der Waals surface area contributed by atoms with Gasteiger partial charge in [0.25, 0.3) is 5.91 Å². The molecular weight excluding hydrogens is 408 g/mol. The summed E-state index contributed by atoms with van der Waals surface area (Å²) in [6.07, 6.45) is 2.65. The van der Waals surface area contributed by atoms with E-state index in [9.17, 15) is 14.7 Å². The largest absolute Gasteiger partial charge is 0.497 e. The maximum atomic E-state index is 13.2. The minimum Gasteiger partial charge on any atom is -0.497 e. The Kier molecular flexibility index (Phi) is 7.80. The van der Waals surface area contributed by atoms with Crippen LogP contribution in [-0.2, 0) is 12.8 Å². The van der Waals surface area contributed by atoms with E-state index in [0.29, 0.717) is 25.9 Å². The SMILES string of the molecule is COc1ccc(CCN(CCc2ccc(OC)cc2)C(=O)c2cc(C(=O)O)ccn2)cc1. The summed E-state index contributed by atoms with van der Waals surface area (Å²) >= 11 is 0. The van der Waals surface area contributed by atoms with E-state index in [2.05, 4.69) is 4.98 Å². The molecule has 0 radical (unpaired) electrons. The second-order valence-electron chi connectivity index (χ2n) is 7.22. The molecule has 0 unspecified atom stereocenters. The second kappa shape index (κ2) is 10.9. The van der Waals surface area contributed by atoms with Crippen molar-refractivity contribution in [3.63, 3.8) is 0 Å². The first-order chi connectivity index (χ1) is 15.5. The van der Waals surface area contributed by atoms with Crippen LogP contribution >= 0.6 is 0 Å². The van der Waals surface area contributed by atoms with Crippen molar-refractivity contribution in [2.75, 3.05) is 27.3 Å². The van der Waals surface area contributed by atoms with Crippen molar-refractivity contribution in [2.45, 2.75) is 12.8 Å². The van der Waals surface area contributed by atoms with Crippen molar-refractivity contribution < 1.29 is 24.2 Å². The van der Waals surface area contributed by atoms with E-state index in [-0.39, 0.29) is 17.2 Å². The van der Waals surface area contributed by atoms with Gasteiger partial charge in [0, 0.05) is 19.3 Å². The van der Waals surface area contributed by atoms with Crippen molar-refractivity contribution in [1.29, 1.82) is 0 Å². The molecular formula is C25H26N2O5. The normalized spacial score (nSPS) is 10.4. The Balaban J connectivity index is 1.75. The van der Waals surface area contributed by atoms with Gasteiger partial charge in [-0.15, -0.1) is 0 Å². The van der Waals surface area contributed by atoms with Gasteiger partial charge in [-0.2, -0.15) is 0 Å². The number of carbonyl (C=O) groups is 2. The van der Waals surface area contributed by atoms with Gasteiger partial charge < -0.3 is 19.5 Å². The molecule has 32 heavy (non-hydrogen) atoms. The number of methoxy groups -OCH3 is 2. The minimum absolute atomic E-state index is 0.0357. The minimum atomic E-state index is -1.09. The van der Waals surface area contributed by atoms with Crippen LogP contribution in [0.1, 0.15) is 32.0 Å². The van der Waals surface area contributed by atoms with E-state index >= 15 is 0 Å². The number of amides is 1. The molecule has 2 aromatic carbocycles. The van der Waals surface area contributed by atoms with Gasteiger partial charge >= 0.3 is 5.97 Å². The van der Waals surface area contributed by atoms with Gasteiger partial charge in [0.1, 0.15) is 17.2 Å². The smallest absolute Gasteiger partial charge is 0.335 e. The summed E-state index contributed by atoms with van der Waals surface area (Å²) in [5.41, 5.74) is 2.29. The molecule has 0 atom stereocenters. The predicted octanol–water partition coefficient (Wildman–Crippen LogP) is 3.72. The standard InChI is InChI=1S/C25H26N2O5/c1-31-21-7-3-18(4-8-21)12-15-27(16-13-19-5-9-22(32-2)10-6-19)24(28)23-17-20(25(29)30)11-14-26-23/h3-11,14,17H,12-13,15-16H2,1-2H3,(H,29,30). The van der Waals surface area contributed by atoms with Gasteiger partial charge in [-0.25, -0.2) is 4.79 Å². The Morgan fingerprint density at radius 1 is 0.844 bits per heavy atom. The summed E-state index contributed by atoms with van der Waals surface area (Å²) in [5.74, 6) is 0.159. The monoisotopic (exact) mass is 434 g/mol. The van der Waals surface area contributed by atoms with Crippen molar-refractivity contribution in [3.8, 4) is 11.5 Å². The Labute approximate surface area is 187 Å². The number of carboxylic acid groups (broad SMARTS) is 1. The van der Waals surface area contributed by atoms with Crippen molar-refractivity contribution >= 4 is 11.9 Å². The number of carboxylic acids is 1. The average Bonchev–Trinajstić information content (AvgIpc) is 2.84. The fourth-order valence-electron chi connectivity index (χ4n) is 3.27. The number of aromatic nitrogens is 1. The van der Waals surface area contributed by atoms with Crippen molar-refractivity contribution in [2.24, 2.45) is 0 Å². The zero-order valence-corrected chi connectivity index (χ0v) is 18.2. The fourth-order valence-corrected chi connectivity index (χ4v) is 3.27. The van der Waals surface area contributed by atoms with Gasteiger partial charge in [-0.05, 0) is 60.4 Å². The Hall–Kier alpha value is -3.87. The molecule has 0 aliphatic heterocycles. The summed E-state index contributed by atoms with van der Waals surface area (Å²) in [4.78, 5) is 30.3. The topological polar surface area (TPSA) is 89.0 Å².